The van der Waals surface area contributed by atoms with E-state index in [0.29, 0.717) is 31.2 Å². The summed E-state index contributed by atoms with van der Waals surface area (Å²) in [5.41, 5.74) is 1.97. The molecule has 1 aromatic heterocycles. The van der Waals surface area contributed by atoms with Crippen molar-refractivity contribution in [1.29, 1.82) is 0 Å². The summed E-state index contributed by atoms with van der Waals surface area (Å²) in [5, 5.41) is 4.10. The summed E-state index contributed by atoms with van der Waals surface area (Å²) in [6.45, 7) is 1.16. The van der Waals surface area contributed by atoms with Gasteiger partial charge in [-0.05, 0) is 30.5 Å². The Morgan fingerprint density at radius 1 is 1.13 bits per heavy atom. The third kappa shape index (κ3) is 4.87. The number of nitrogens with zero attached hydrogens (tertiary/aromatic N) is 3. The molecule has 4 rings (SSSR count). The first-order valence-electron chi connectivity index (χ1n) is 10.5. The summed E-state index contributed by atoms with van der Waals surface area (Å²) in [7, 11) is 1.63. The van der Waals surface area contributed by atoms with Gasteiger partial charge in [0.25, 0.3) is 0 Å². The number of benzene rings is 2. The molecule has 0 bridgehead atoms. The fourth-order valence-corrected chi connectivity index (χ4v) is 3.97. The molecule has 0 unspecified atom stereocenters. The number of hydrogen-bond acceptors (Lipinski definition) is 5. The van der Waals surface area contributed by atoms with Crippen LogP contribution in [0.4, 0.5) is 0 Å². The monoisotopic (exact) mass is 405 g/mol. The third-order valence-corrected chi connectivity index (χ3v) is 5.62. The smallest absolute Gasteiger partial charge is 0.228 e. The largest absolute Gasteiger partial charge is 0.497 e. The maximum atomic E-state index is 13.1. The lowest BCUT2D eigenvalue weighted by Crippen LogP contribution is -2.36. The van der Waals surface area contributed by atoms with E-state index < -0.39 is 0 Å². The van der Waals surface area contributed by atoms with Crippen LogP contribution in [-0.4, -0.2) is 34.6 Å². The molecule has 2 aromatic carbocycles. The quantitative estimate of drug-likeness (QED) is 0.552. The van der Waals surface area contributed by atoms with E-state index in [9.17, 15) is 4.79 Å². The first kappa shape index (κ1) is 20.1. The molecule has 0 saturated heterocycles. The number of hydrogen-bond donors (Lipinski definition) is 0. The van der Waals surface area contributed by atoms with Crippen LogP contribution < -0.4 is 4.74 Å². The highest BCUT2D eigenvalue weighted by atomic mass is 16.5. The number of aromatic nitrogens is 2. The van der Waals surface area contributed by atoms with Gasteiger partial charge in [0.15, 0.2) is 0 Å². The molecule has 0 aliphatic heterocycles. The summed E-state index contributed by atoms with van der Waals surface area (Å²) in [6.07, 6.45) is 4.80. The second-order valence-corrected chi connectivity index (χ2v) is 7.72. The van der Waals surface area contributed by atoms with E-state index in [4.69, 9.17) is 9.26 Å². The number of rotatable bonds is 8. The molecule has 0 atom stereocenters. The molecular weight excluding hydrogens is 378 g/mol. The van der Waals surface area contributed by atoms with Gasteiger partial charge in [0.2, 0.25) is 17.6 Å². The zero-order valence-electron chi connectivity index (χ0n) is 17.3. The van der Waals surface area contributed by atoms with Gasteiger partial charge in [-0.1, -0.05) is 60.5 Å². The lowest BCUT2D eigenvalue weighted by molar-refractivity contribution is -0.136. The van der Waals surface area contributed by atoms with Crippen molar-refractivity contribution in [2.75, 3.05) is 13.7 Å². The minimum absolute atomic E-state index is 0.142. The van der Waals surface area contributed by atoms with Crippen molar-refractivity contribution in [3.8, 4) is 17.1 Å². The highest BCUT2D eigenvalue weighted by molar-refractivity contribution is 5.79. The molecule has 0 N–H and O–H groups in total. The summed E-state index contributed by atoms with van der Waals surface area (Å²) in [5.74, 6) is 2.19. The fourth-order valence-electron chi connectivity index (χ4n) is 3.97. The average molecular weight is 405 g/mol. The van der Waals surface area contributed by atoms with Gasteiger partial charge in [-0.3, -0.25) is 4.79 Å². The van der Waals surface area contributed by atoms with Gasteiger partial charge in [-0.2, -0.15) is 4.98 Å². The zero-order valence-corrected chi connectivity index (χ0v) is 17.3. The van der Waals surface area contributed by atoms with Crippen LogP contribution in [-0.2, 0) is 17.8 Å². The highest BCUT2D eigenvalue weighted by Gasteiger charge is 2.27. The molecule has 1 heterocycles. The second kappa shape index (κ2) is 9.57. The fraction of sp³-hybridized carbons (Fsp3) is 0.375. The summed E-state index contributed by atoms with van der Waals surface area (Å²) < 4.78 is 10.7. The van der Waals surface area contributed by atoms with E-state index in [1.54, 1.807) is 7.11 Å². The third-order valence-electron chi connectivity index (χ3n) is 5.62. The minimum atomic E-state index is 0.142. The summed E-state index contributed by atoms with van der Waals surface area (Å²) >= 11 is 0. The molecular formula is C24H27N3O3. The zero-order chi connectivity index (χ0) is 20.8. The molecule has 1 fully saturated rings. The minimum Gasteiger partial charge on any atom is -0.497 e. The molecule has 6 heteroatoms. The van der Waals surface area contributed by atoms with Crippen molar-refractivity contribution in [3.05, 3.63) is 66.1 Å². The van der Waals surface area contributed by atoms with Gasteiger partial charge < -0.3 is 14.2 Å². The lowest BCUT2D eigenvalue weighted by Gasteiger charge is -2.25. The Morgan fingerprint density at radius 3 is 2.70 bits per heavy atom. The molecule has 1 amide bonds. The molecule has 0 spiro atoms. The molecule has 1 aliphatic carbocycles. The SMILES string of the molecule is COc1cccc(-c2noc(CCN(Cc3ccccc3)C(=O)C3CCCC3)n2)c1. The number of amides is 1. The van der Waals surface area contributed by atoms with Gasteiger partial charge >= 0.3 is 0 Å². The first-order valence-corrected chi connectivity index (χ1v) is 10.5. The van der Waals surface area contributed by atoms with Crippen LogP contribution in [0.25, 0.3) is 11.4 Å². The van der Waals surface area contributed by atoms with Crippen molar-refractivity contribution < 1.29 is 14.1 Å². The van der Waals surface area contributed by atoms with E-state index in [-0.39, 0.29) is 11.8 Å². The van der Waals surface area contributed by atoms with Gasteiger partial charge in [-0.25, -0.2) is 0 Å². The maximum Gasteiger partial charge on any atom is 0.228 e. The van der Waals surface area contributed by atoms with Crippen molar-refractivity contribution in [2.24, 2.45) is 5.92 Å². The highest BCUT2D eigenvalue weighted by Crippen LogP contribution is 2.27. The number of ether oxygens (including phenoxy) is 1. The van der Waals surface area contributed by atoms with E-state index in [1.807, 2.05) is 47.4 Å². The summed E-state index contributed by atoms with van der Waals surface area (Å²) in [4.78, 5) is 19.6. The van der Waals surface area contributed by atoms with Gasteiger partial charge in [0.1, 0.15) is 5.75 Å². The first-order chi connectivity index (χ1) is 14.7. The number of methoxy groups -OCH3 is 1. The normalized spacial score (nSPS) is 14.0. The standard InChI is InChI=1S/C24H27N3O3/c1-29-21-13-7-12-20(16-21)23-25-22(30-26-23)14-15-27(17-18-8-3-2-4-9-18)24(28)19-10-5-6-11-19/h2-4,7-9,12-13,16,19H,5-6,10-11,14-15,17H2,1H3. The molecule has 1 saturated carbocycles. The van der Waals surface area contributed by atoms with E-state index >= 15 is 0 Å². The van der Waals surface area contributed by atoms with Crippen LogP contribution in [0.1, 0.15) is 37.1 Å². The van der Waals surface area contributed by atoms with Crippen LogP contribution in [0, 0.1) is 5.92 Å². The van der Waals surface area contributed by atoms with Crippen LogP contribution in [0.3, 0.4) is 0 Å². The van der Waals surface area contributed by atoms with Crippen molar-refractivity contribution in [1.82, 2.24) is 15.0 Å². The Hall–Kier alpha value is -3.15. The van der Waals surface area contributed by atoms with E-state index in [0.717, 1.165) is 42.6 Å². The predicted molar refractivity (Wildman–Crippen MR) is 114 cm³/mol. The van der Waals surface area contributed by atoms with Crippen molar-refractivity contribution in [3.63, 3.8) is 0 Å². The molecule has 156 valence electrons. The van der Waals surface area contributed by atoms with Crippen molar-refractivity contribution in [2.45, 2.75) is 38.6 Å². The number of carbonyl (C=O) groups excluding carboxylic acids is 1. The molecule has 6 nitrogen and oxygen atoms in total. The maximum absolute atomic E-state index is 13.1. The Labute approximate surface area is 176 Å². The average Bonchev–Trinajstić information content (AvgIpc) is 3.49. The molecule has 0 radical (unpaired) electrons. The lowest BCUT2D eigenvalue weighted by atomic mass is 10.1. The molecule has 1 aliphatic rings. The van der Waals surface area contributed by atoms with Gasteiger partial charge in [0.05, 0.1) is 7.11 Å². The van der Waals surface area contributed by atoms with Crippen molar-refractivity contribution >= 4 is 5.91 Å². The van der Waals surface area contributed by atoms with E-state index in [1.165, 1.54) is 0 Å². The Morgan fingerprint density at radius 2 is 1.93 bits per heavy atom. The Balaban J connectivity index is 1.45. The Bertz CT molecular complexity index is 965. The van der Waals surface area contributed by atoms with Crippen LogP contribution >= 0.6 is 0 Å². The molecule has 30 heavy (non-hydrogen) atoms. The summed E-state index contributed by atoms with van der Waals surface area (Å²) in [6, 6.07) is 17.7. The van der Waals surface area contributed by atoms with Crippen LogP contribution in [0.5, 0.6) is 5.75 Å². The van der Waals surface area contributed by atoms with Gasteiger partial charge in [-0.15, -0.1) is 0 Å². The topological polar surface area (TPSA) is 68.5 Å². The van der Waals surface area contributed by atoms with Crippen LogP contribution in [0.2, 0.25) is 0 Å². The number of carbonyl (C=O) groups is 1. The Kier molecular flexibility index (Phi) is 6.42. The molecule has 3 aromatic rings. The predicted octanol–water partition coefficient (Wildman–Crippen LogP) is 4.51. The van der Waals surface area contributed by atoms with E-state index in [2.05, 4.69) is 22.3 Å². The van der Waals surface area contributed by atoms with Crippen LogP contribution in [0.15, 0.2) is 59.1 Å². The second-order valence-electron chi connectivity index (χ2n) is 7.72. The van der Waals surface area contributed by atoms with Gasteiger partial charge in [0, 0.05) is 31.0 Å².